The lowest BCUT2D eigenvalue weighted by molar-refractivity contribution is -0.302. The molecular formula is C41H77NO10. The Labute approximate surface area is 314 Å². The number of hydrogen-bond donors (Lipinski definition) is 8. The summed E-state index contributed by atoms with van der Waals surface area (Å²) in [5.41, 5.74) is -0.935. The second kappa shape index (κ2) is 29.9. The number of carbonyl (C=O) groups excluding carboxylic acids is 1. The van der Waals surface area contributed by atoms with E-state index in [-0.39, 0.29) is 13.0 Å². The molecule has 0 radical (unpaired) electrons. The molecule has 1 unspecified atom stereocenters. The molecule has 11 nitrogen and oxygen atoms in total. The number of unbranched alkanes of at least 4 members (excludes halogenated alkanes) is 17. The third-order valence-corrected chi connectivity index (χ3v) is 10.0. The van der Waals surface area contributed by atoms with E-state index < -0.39 is 67.1 Å². The van der Waals surface area contributed by atoms with E-state index in [1.165, 1.54) is 89.5 Å². The highest BCUT2D eigenvalue weighted by atomic mass is 16.7. The van der Waals surface area contributed by atoms with Gasteiger partial charge in [-0.25, -0.2) is 0 Å². The molecule has 0 spiro atoms. The van der Waals surface area contributed by atoms with E-state index in [0.717, 1.165) is 32.1 Å². The molecule has 0 bridgehead atoms. The summed E-state index contributed by atoms with van der Waals surface area (Å²) in [6.07, 6.45) is 20.4. The van der Waals surface area contributed by atoms with E-state index in [4.69, 9.17) is 9.47 Å². The van der Waals surface area contributed by atoms with Crippen LogP contribution in [0.5, 0.6) is 0 Å². The third kappa shape index (κ3) is 22.1. The highest BCUT2D eigenvalue weighted by Gasteiger charge is 2.44. The van der Waals surface area contributed by atoms with Gasteiger partial charge in [0.05, 0.1) is 31.0 Å². The average molecular weight is 744 g/mol. The maximum Gasteiger partial charge on any atom is 0.249 e. The topological polar surface area (TPSA) is 189 Å². The Morgan fingerprint density at radius 3 is 1.83 bits per heavy atom. The minimum Gasteiger partial charge on any atom is -0.394 e. The zero-order chi connectivity index (χ0) is 38.6. The van der Waals surface area contributed by atoms with Gasteiger partial charge in [0.1, 0.15) is 30.5 Å². The van der Waals surface area contributed by atoms with Crippen LogP contribution < -0.4 is 5.32 Å². The van der Waals surface area contributed by atoms with E-state index >= 15 is 0 Å². The van der Waals surface area contributed by atoms with E-state index in [0.29, 0.717) is 19.3 Å². The van der Waals surface area contributed by atoms with E-state index in [9.17, 15) is 40.5 Å². The summed E-state index contributed by atoms with van der Waals surface area (Å²) in [7, 11) is 0. The number of aliphatic hydroxyl groups is 7. The molecule has 1 fully saturated rings. The molecule has 1 aliphatic rings. The van der Waals surface area contributed by atoms with Crippen LogP contribution in [0.15, 0.2) is 24.3 Å². The fourth-order valence-corrected chi connectivity index (χ4v) is 6.49. The first-order valence-electron chi connectivity index (χ1n) is 20.6. The summed E-state index contributed by atoms with van der Waals surface area (Å²) in [6, 6.07) is -1.06. The highest BCUT2D eigenvalue weighted by molar-refractivity contribution is 5.80. The maximum absolute atomic E-state index is 13.0. The minimum absolute atomic E-state index is 0.277. The molecule has 0 aromatic heterocycles. The zero-order valence-corrected chi connectivity index (χ0v) is 32.8. The molecule has 0 aliphatic carbocycles. The number of amides is 1. The van der Waals surface area contributed by atoms with Crippen molar-refractivity contribution in [3.63, 3.8) is 0 Å². The quantitative estimate of drug-likeness (QED) is 0.0323. The molecule has 1 rings (SSSR count). The van der Waals surface area contributed by atoms with Crippen LogP contribution in [0, 0.1) is 0 Å². The van der Waals surface area contributed by atoms with Crippen LogP contribution in [-0.2, 0) is 14.3 Å². The second-order valence-electron chi connectivity index (χ2n) is 15.1. The molecular weight excluding hydrogens is 666 g/mol. The lowest BCUT2D eigenvalue weighted by Crippen LogP contribution is -2.60. The van der Waals surface area contributed by atoms with Crippen LogP contribution in [-0.4, -0.2) is 109 Å². The first-order chi connectivity index (χ1) is 25.0. The number of nitrogens with one attached hydrogen (secondary N) is 1. The van der Waals surface area contributed by atoms with Gasteiger partial charge in [-0.15, -0.1) is 0 Å². The Bertz CT molecular complexity index is 929. The van der Waals surface area contributed by atoms with Crippen molar-refractivity contribution in [2.45, 2.75) is 217 Å². The Hall–Kier alpha value is -1.41. The Balaban J connectivity index is 2.64. The van der Waals surface area contributed by atoms with Crippen molar-refractivity contribution in [3.05, 3.63) is 24.3 Å². The lowest BCUT2D eigenvalue weighted by Gasteiger charge is -2.40. The number of ether oxygens (including phenoxy) is 2. The van der Waals surface area contributed by atoms with Crippen LogP contribution in [0.3, 0.4) is 0 Å². The number of carbonyl (C=O) groups is 1. The SMILES string of the molecule is CCCCCCCCCCCCCC[C@@H](O)C(=O)N[C@@H](CO[C@@H]1O[C@H](CO)[C@@H](O)[C@H](O)[C@H]1O)[C@H](O)/C=C/C/C=C/C(C)(O)CCCCCCCCC. The Morgan fingerprint density at radius 2 is 1.29 bits per heavy atom. The Morgan fingerprint density at radius 1 is 0.769 bits per heavy atom. The van der Waals surface area contributed by atoms with Gasteiger partial charge >= 0.3 is 0 Å². The third-order valence-electron chi connectivity index (χ3n) is 10.0. The minimum atomic E-state index is -1.64. The molecule has 306 valence electrons. The van der Waals surface area contributed by atoms with Crippen LogP contribution in [0.25, 0.3) is 0 Å². The molecule has 1 heterocycles. The lowest BCUT2D eigenvalue weighted by atomic mass is 9.96. The first kappa shape index (κ1) is 48.6. The number of hydrogen-bond acceptors (Lipinski definition) is 10. The molecule has 0 aromatic carbocycles. The summed E-state index contributed by atoms with van der Waals surface area (Å²) in [4.78, 5) is 13.0. The second-order valence-corrected chi connectivity index (χ2v) is 15.1. The molecule has 11 heteroatoms. The number of rotatable bonds is 32. The summed E-state index contributed by atoms with van der Waals surface area (Å²) >= 11 is 0. The molecule has 1 saturated heterocycles. The van der Waals surface area contributed by atoms with Crippen molar-refractivity contribution in [2.24, 2.45) is 0 Å². The monoisotopic (exact) mass is 744 g/mol. The Kier molecular flexibility index (Phi) is 27.9. The van der Waals surface area contributed by atoms with Gasteiger partial charge in [-0.3, -0.25) is 4.79 Å². The molecule has 0 saturated carbocycles. The van der Waals surface area contributed by atoms with Gasteiger partial charge in [0.15, 0.2) is 6.29 Å². The van der Waals surface area contributed by atoms with Gasteiger partial charge in [-0.1, -0.05) is 160 Å². The maximum atomic E-state index is 13.0. The normalized spacial score (nSPS) is 23.9. The summed E-state index contributed by atoms with van der Waals surface area (Å²) < 4.78 is 11.1. The number of aliphatic hydroxyl groups excluding tert-OH is 6. The molecule has 0 aromatic rings. The molecule has 52 heavy (non-hydrogen) atoms. The summed E-state index contributed by atoms with van der Waals surface area (Å²) in [5, 5.41) is 75.1. The summed E-state index contributed by atoms with van der Waals surface area (Å²) in [6.45, 7) is 5.22. The van der Waals surface area contributed by atoms with Gasteiger partial charge in [0.2, 0.25) is 5.91 Å². The molecule has 1 aliphatic heterocycles. The van der Waals surface area contributed by atoms with Crippen molar-refractivity contribution in [1.82, 2.24) is 5.32 Å². The van der Waals surface area contributed by atoms with Gasteiger partial charge in [0, 0.05) is 0 Å². The van der Waals surface area contributed by atoms with Crippen molar-refractivity contribution in [3.8, 4) is 0 Å². The first-order valence-corrected chi connectivity index (χ1v) is 20.6. The van der Waals surface area contributed by atoms with Crippen LogP contribution in [0.4, 0.5) is 0 Å². The van der Waals surface area contributed by atoms with Crippen molar-refractivity contribution >= 4 is 5.91 Å². The van der Waals surface area contributed by atoms with Crippen molar-refractivity contribution < 1.29 is 50.0 Å². The van der Waals surface area contributed by atoms with Gasteiger partial charge in [-0.2, -0.15) is 0 Å². The summed E-state index contributed by atoms with van der Waals surface area (Å²) in [5.74, 6) is -0.667. The van der Waals surface area contributed by atoms with Crippen LogP contribution >= 0.6 is 0 Å². The predicted octanol–water partition coefficient (Wildman–Crippen LogP) is 5.49. The standard InChI is InChI=1S/C41H77NO10/c1-4-6-8-10-12-13-14-15-16-17-19-22-27-34(45)39(49)42-32(31-51-40-38(48)37(47)36(46)35(30-43)52-40)33(44)26-23-21-25-29-41(3,50)28-24-20-18-11-9-7-5-2/h23,25-26,29,32-38,40,43-48,50H,4-22,24,27-28,30-31H2,1-3H3,(H,42,49)/b26-23+,29-25+/t32-,33+,34+,35+,36+,37-,38+,40+,41?/m0/s1. The van der Waals surface area contributed by atoms with Crippen LogP contribution in [0.1, 0.15) is 162 Å². The van der Waals surface area contributed by atoms with Gasteiger partial charge in [-0.05, 0) is 26.2 Å². The van der Waals surface area contributed by atoms with Crippen molar-refractivity contribution in [2.75, 3.05) is 13.2 Å². The number of allylic oxidation sites excluding steroid dienone is 2. The fraction of sp³-hybridized carbons (Fsp3) is 0.878. The van der Waals surface area contributed by atoms with E-state index in [2.05, 4.69) is 19.2 Å². The van der Waals surface area contributed by atoms with E-state index in [1.54, 1.807) is 19.1 Å². The molecule has 9 atom stereocenters. The average Bonchev–Trinajstić information content (AvgIpc) is 3.12. The largest absolute Gasteiger partial charge is 0.394 e. The zero-order valence-electron chi connectivity index (χ0n) is 32.8. The predicted molar refractivity (Wildman–Crippen MR) is 205 cm³/mol. The highest BCUT2D eigenvalue weighted by Crippen LogP contribution is 2.23. The molecule has 1 amide bonds. The van der Waals surface area contributed by atoms with Crippen LogP contribution in [0.2, 0.25) is 0 Å². The van der Waals surface area contributed by atoms with E-state index in [1.807, 2.05) is 6.08 Å². The molecule has 8 N–H and O–H groups in total. The van der Waals surface area contributed by atoms with Gasteiger partial charge < -0.3 is 50.5 Å². The smallest absolute Gasteiger partial charge is 0.249 e. The van der Waals surface area contributed by atoms with Gasteiger partial charge in [0.25, 0.3) is 0 Å². The van der Waals surface area contributed by atoms with Crippen molar-refractivity contribution in [1.29, 1.82) is 0 Å². The fourth-order valence-electron chi connectivity index (χ4n) is 6.49.